The molecule has 1 aromatic rings. The Morgan fingerprint density at radius 1 is 1.00 bits per heavy atom. The third-order valence-electron chi connectivity index (χ3n) is 4.67. The highest BCUT2D eigenvalue weighted by Crippen LogP contribution is 2.26. The Morgan fingerprint density at radius 2 is 1.70 bits per heavy atom. The third-order valence-corrected chi connectivity index (χ3v) is 4.67. The van der Waals surface area contributed by atoms with Gasteiger partial charge in [-0.3, -0.25) is 4.90 Å². The van der Waals surface area contributed by atoms with Gasteiger partial charge in [0.25, 0.3) is 0 Å². The Kier molecular flexibility index (Phi) is 4.22. The summed E-state index contributed by atoms with van der Waals surface area (Å²) in [6.45, 7) is 3.50. The average Bonchev–Trinajstić information content (AvgIpc) is 2.49. The van der Waals surface area contributed by atoms with Crippen molar-refractivity contribution in [1.82, 2.24) is 4.90 Å². The lowest BCUT2D eigenvalue weighted by atomic mass is 9.91. The minimum Gasteiger partial charge on any atom is -0.391 e. The molecule has 3 nitrogen and oxygen atoms in total. The second-order valence-corrected chi connectivity index (χ2v) is 5.89. The molecule has 1 saturated heterocycles. The van der Waals surface area contributed by atoms with E-state index in [4.69, 9.17) is 0 Å². The molecule has 1 saturated carbocycles. The summed E-state index contributed by atoms with van der Waals surface area (Å²) in [4.78, 5) is 4.50. The Morgan fingerprint density at radius 3 is 2.40 bits per heavy atom. The van der Waals surface area contributed by atoms with Crippen LogP contribution in [0.2, 0.25) is 0 Å². The van der Waals surface area contributed by atoms with E-state index in [0.29, 0.717) is 11.7 Å². The van der Waals surface area contributed by atoms with Gasteiger partial charge in [-0.2, -0.15) is 0 Å². The molecule has 1 heterocycles. The molecule has 1 N–H and O–H groups in total. The number of hydrogen-bond acceptors (Lipinski definition) is 3. The van der Waals surface area contributed by atoms with Gasteiger partial charge in [0.2, 0.25) is 0 Å². The highest BCUT2D eigenvalue weighted by Gasteiger charge is 2.31. The van der Waals surface area contributed by atoms with Crippen LogP contribution in [-0.4, -0.2) is 48.3 Å². The largest absolute Gasteiger partial charge is 0.391 e. The van der Waals surface area contributed by atoms with Gasteiger partial charge < -0.3 is 10.0 Å². The van der Waals surface area contributed by atoms with Gasteiger partial charge in [-0.25, -0.2) is 4.39 Å². The maximum atomic E-state index is 13.8. The first-order valence-electron chi connectivity index (χ1n) is 7.67. The molecule has 2 atom stereocenters. The third kappa shape index (κ3) is 2.81. The first-order valence-corrected chi connectivity index (χ1v) is 7.67. The van der Waals surface area contributed by atoms with Crippen LogP contribution in [0.3, 0.4) is 0 Å². The summed E-state index contributed by atoms with van der Waals surface area (Å²) in [5, 5.41) is 10.1. The van der Waals surface area contributed by atoms with Crippen LogP contribution in [0.4, 0.5) is 10.1 Å². The van der Waals surface area contributed by atoms with E-state index in [1.165, 1.54) is 12.5 Å². The summed E-state index contributed by atoms with van der Waals surface area (Å²) in [7, 11) is 0. The number of benzene rings is 1. The molecule has 20 heavy (non-hydrogen) atoms. The lowest BCUT2D eigenvalue weighted by Gasteiger charge is -2.43. The van der Waals surface area contributed by atoms with E-state index >= 15 is 0 Å². The fourth-order valence-corrected chi connectivity index (χ4v) is 3.52. The molecule has 1 aromatic carbocycles. The second kappa shape index (κ2) is 6.10. The van der Waals surface area contributed by atoms with Gasteiger partial charge in [0, 0.05) is 32.2 Å². The number of halogens is 1. The van der Waals surface area contributed by atoms with Crippen LogP contribution in [0.1, 0.15) is 25.7 Å². The molecule has 1 aliphatic heterocycles. The number of aliphatic hydroxyl groups is 1. The number of rotatable bonds is 2. The topological polar surface area (TPSA) is 26.7 Å². The molecule has 2 fully saturated rings. The Balaban J connectivity index is 1.61. The Bertz CT molecular complexity index is 446. The van der Waals surface area contributed by atoms with E-state index in [-0.39, 0.29) is 11.9 Å². The number of anilines is 1. The van der Waals surface area contributed by atoms with E-state index in [1.807, 2.05) is 12.1 Å². The van der Waals surface area contributed by atoms with E-state index in [9.17, 15) is 9.50 Å². The Labute approximate surface area is 120 Å². The van der Waals surface area contributed by atoms with E-state index in [1.54, 1.807) is 6.07 Å². The van der Waals surface area contributed by atoms with Gasteiger partial charge in [0.1, 0.15) is 5.82 Å². The van der Waals surface area contributed by atoms with Gasteiger partial charge in [-0.1, -0.05) is 25.0 Å². The lowest BCUT2D eigenvalue weighted by Crippen LogP contribution is -2.54. The van der Waals surface area contributed by atoms with E-state index in [2.05, 4.69) is 9.80 Å². The van der Waals surface area contributed by atoms with Crippen molar-refractivity contribution in [3.8, 4) is 0 Å². The molecule has 0 spiro atoms. The first kappa shape index (κ1) is 13.8. The van der Waals surface area contributed by atoms with Crippen LogP contribution in [0.5, 0.6) is 0 Å². The van der Waals surface area contributed by atoms with Crippen molar-refractivity contribution in [3.05, 3.63) is 30.1 Å². The quantitative estimate of drug-likeness (QED) is 0.899. The smallest absolute Gasteiger partial charge is 0.146 e. The number of para-hydroxylation sites is 1. The summed E-state index contributed by atoms with van der Waals surface area (Å²) in [6, 6.07) is 7.29. The fraction of sp³-hybridized carbons (Fsp3) is 0.625. The van der Waals surface area contributed by atoms with Crippen LogP contribution in [-0.2, 0) is 0 Å². The van der Waals surface area contributed by atoms with Crippen molar-refractivity contribution in [3.63, 3.8) is 0 Å². The molecule has 1 aliphatic carbocycles. The number of hydrogen-bond donors (Lipinski definition) is 1. The molecule has 3 rings (SSSR count). The van der Waals surface area contributed by atoms with Crippen LogP contribution < -0.4 is 4.90 Å². The van der Waals surface area contributed by atoms with Crippen molar-refractivity contribution in [2.75, 3.05) is 31.1 Å². The standard InChI is InChI=1S/C16H23FN2O/c17-13-5-1-2-6-14(13)18-9-11-19(12-10-18)15-7-3-4-8-16(15)20/h1-2,5-6,15-16,20H,3-4,7-12H2/t15-,16-/m1/s1. The number of aliphatic hydroxyl groups excluding tert-OH is 1. The zero-order valence-electron chi connectivity index (χ0n) is 11.8. The van der Waals surface area contributed by atoms with Crippen LogP contribution in [0.15, 0.2) is 24.3 Å². The SMILES string of the molecule is O[C@@H]1CCCC[C@H]1N1CCN(c2ccccc2F)CC1. The van der Waals surface area contributed by atoms with Gasteiger partial charge in [-0.05, 0) is 25.0 Å². The second-order valence-electron chi connectivity index (χ2n) is 5.89. The summed E-state index contributed by atoms with van der Waals surface area (Å²) in [5.41, 5.74) is 0.705. The summed E-state index contributed by atoms with van der Waals surface area (Å²) in [5.74, 6) is -0.140. The first-order chi connectivity index (χ1) is 9.75. The van der Waals surface area contributed by atoms with Gasteiger partial charge in [0.15, 0.2) is 0 Å². The molecule has 0 amide bonds. The molecule has 0 bridgehead atoms. The van der Waals surface area contributed by atoms with Gasteiger partial charge in [0.05, 0.1) is 11.8 Å². The zero-order valence-corrected chi connectivity index (χ0v) is 11.8. The molecule has 0 radical (unpaired) electrons. The van der Waals surface area contributed by atoms with Gasteiger partial charge >= 0.3 is 0 Å². The van der Waals surface area contributed by atoms with Crippen molar-refractivity contribution in [2.45, 2.75) is 37.8 Å². The molecular formula is C16H23FN2O. The van der Waals surface area contributed by atoms with Crippen molar-refractivity contribution >= 4 is 5.69 Å². The molecule has 2 aliphatic rings. The maximum absolute atomic E-state index is 13.8. The van der Waals surface area contributed by atoms with Crippen LogP contribution in [0, 0.1) is 5.82 Å². The highest BCUT2D eigenvalue weighted by molar-refractivity contribution is 5.48. The normalized spacial score (nSPS) is 28.6. The van der Waals surface area contributed by atoms with E-state index in [0.717, 1.165) is 45.4 Å². The van der Waals surface area contributed by atoms with Crippen molar-refractivity contribution in [1.29, 1.82) is 0 Å². The van der Waals surface area contributed by atoms with Gasteiger partial charge in [-0.15, -0.1) is 0 Å². The number of nitrogens with zero attached hydrogens (tertiary/aromatic N) is 2. The van der Waals surface area contributed by atoms with Crippen LogP contribution in [0.25, 0.3) is 0 Å². The minimum atomic E-state index is -0.177. The van der Waals surface area contributed by atoms with Crippen LogP contribution >= 0.6 is 0 Å². The summed E-state index contributed by atoms with van der Waals surface area (Å²) < 4.78 is 13.8. The van der Waals surface area contributed by atoms with E-state index < -0.39 is 0 Å². The monoisotopic (exact) mass is 278 g/mol. The minimum absolute atomic E-state index is 0.140. The highest BCUT2D eigenvalue weighted by atomic mass is 19.1. The number of piperazine rings is 1. The molecular weight excluding hydrogens is 255 g/mol. The fourth-order valence-electron chi connectivity index (χ4n) is 3.52. The predicted molar refractivity (Wildman–Crippen MR) is 78.4 cm³/mol. The summed E-state index contributed by atoms with van der Waals surface area (Å²) in [6.07, 6.45) is 4.21. The molecule has 4 heteroatoms. The molecule has 0 unspecified atom stereocenters. The van der Waals surface area contributed by atoms with Crippen molar-refractivity contribution in [2.24, 2.45) is 0 Å². The zero-order chi connectivity index (χ0) is 13.9. The molecule has 110 valence electrons. The predicted octanol–water partition coefficient (Wildman–Crippen LogP) is 2.25. The summed E-state index contributed by atoms with van der Waals surface area (Å²) >= 11 is 0. The average molecular weight is 278 g/mol. The molecule has 0 aromatic heterocycles. The maximum Gasteiger partial charge on any atom is 0.146 e. The lowest BCUT2D eigenvalue weighted by molar-refractivity contribution is 0.0172. The van der Waals surface area contributed by atoms with Crippen molar-refractivity contribution < 1.29 is 9.50 Å². The Hall–Kier alpha value is -1.13.